The Hall–Kier alpha value is -4.21. The largest absolute Gasteiger partial charge is 0.454 e. The molecular formula is C31H33FN4O3Si. The number of halogens is 1. The Balaban J connectivity index is 1.28. The smallest absolute Gasteiger partial charge is 0.323 e. The molecule has 1 aromatic heterocycles. The Kier molecular flexibility index (Phi) is 7.60. The molecule has 2 heterocycles. The number of ether oxygens (including phenoxy) is 1. The molecule has 5 rings (SSSR count). The van der Waals surface area contributed by atoms with E-state index >= 15 is 0 Å². The van der Waals surface area contributed by atoms with Gasteiger partial charge in [-0.15, -0.1) is 0 Å². The van der Waals surface area contributed by atoms with E-state index in [0.717, 1.165) is 0 Å². The predicted octanol–water partition coefficient (Wildman–Crippen LogP) is 5.39. The van der Waals surface area contributed by atoms with Crippen molar-refractivity contribution in [3.05, 3.63) is 103 Å². The van der Waals surface area contributed by atoms with Gasteiger partial charge in [0.25, 0.3) is 8.32 Å². The summed E-state index contributed by atoms with van der Waals surface area (Å²) >= 11 is 0. The van der Waals surface area contributed by atoms with E-state index in [1.165, 1.54) is 28.7 Å². The van der Waals surface area contributed by atoms with Gasteiger partial charge in [0.1, 0.15) is 11.6 Å². The Morgan fingerprint density at radius 1 is 0.975 bits per heavy atom. The number of urea groups is 1. The van der Waals surface area contributed by atoms with Crippen LogP contribution in [0, 0.1) is 5.82 Å². The number of aromatic nitrogens is 1. The summed E-state index contributed by atoms with van der Waals surface area (Å²) in [4.78, 5) is 18.9. The molecule has 1 aliphatic rings. The number of pyridine rings is 1. The summed E-state index contributed by atoms with van der Waals surface area (Å²) in [6, 6.07) is 27.9. The fourth-order valence-corrected chi connectivity index (χ4v) is 9.74. The highest BCUT2D eigenvalue weighted by atomic mass is 28.4. The average molecular weight is 557 g/mol. The van der Waals surface area contributed by atoms with E-state index in [1.54, 1.807) is 23.1 Å². The molecule has 0 aliphatic carbocycles. The number of nitrogens with zero attached hydrogens (tertiary/aromatic N) is 2. The quantitative estimate of drug-likeness (QED) is 0.235. The number of carbonyl (C=O) groups is 1. The maximum atomic E-state index is 14.1. The van der Waals surface area contributed by atoms with Crippen molar-refractivity contribution < 1.29 is 18.3 Å². The topological polar surface area (TPSA) is 89.7 Å². The molecule has 0 radical (unpaired) electrons. The summed E-state index contributed by atoms with van der Waals surface area (Å²) in [7, 11) is -2.70. The van der Waals surface area contributed by atoms with Gasteiger partial charge in [-0.25, -0.2) is 14.2 Å². The molecule has 7 nitrogen and oxygen atoms in total. The molecule has 0 spiro atoms. The van der Waals surface area contributed by atoms with E-state index < -0.39 is 14.1 Å². The van der Waals surface area contributed by atoms with Crippen molar-refractivity contribution in [3.8, 4) is 11.5 Å². The lowest BCUT2D eigenvalue weighted by Gasteiger charge is -2.49. The number of amides is 2. The number of nitrogens with two attached hydrogens (primary N) is 1. The Bertz CT molecular complexity index is 1440. The van der Waals surface area contributed by atoms with Crippen LogP contribution in [0.1, 0.15) is 20.8 Å². The van der Waals surface area contributed by atoms with Gasteiger partial charge in [0.2, 0.25) is 0 Å². The van der Waals surface area contributed by atoms with Gasteiger partial charge < -0.3 is 19.8 Å². The zero-order valence-corrected chi connectivity index (χ0v) is 23.8. The summed E-state index contributed by atoms with van der Waals surface area (Å²) in [6.07, 6.45) is 1.39. The molecule has 0 saturated carbocycles. The summed E-state index contributed by atoms with van der Waals surface area (Å²) in [5.41, 5.74) is 5.91. The van der Waals surface area contributed by atoms with Crippen LogP contribution < -0.4 is 26.2 Å². The van der Waals surface area contributed by atoms with Crippen molar-refractivity contribution in [2.24, 2.45) is 0 Å². The Morgan fingerprint density at radius 2 is 1.60 bits per heavy atom. The SMILES string of the molecule is CC(C)(C)[Si](OC1CN(C(=O)Nc2cc(Oc3ccc(N)cc3F)ccn2)C1)(c1ccccc1)c1ccccc1. The van der Waals surface area contributed by atoms with E-state index in [0.29, 0.717) is 30.3 Å². The maximum Gasteiger partial charge on any atom is 0.323 e. The van der Waals surface area contributed by atoms with Gasteiger partial charge in [0, 0.05) is 37.1 Å². The average Bonchev–Trinajstić information content (AvgIpc) is 2.90. The lowest BCUT2D eigenvalue weighted by atomic mass is 10.2. The van der Waals surface area contributed by atoms with Gasteiger partial charge in [-0.3, -0.25) is 5.32 Å². The van der Waals surface area contributed by atoms with E-state index in [-0.39, 0.29) is 22.9 Å². The number of hydrogen-bond acceptors (Lipinski definition) is 5. The summed E-state index contributed by atoms with van der Waals surface area (Å²) in [5, 5.41) is 5.07. The number of anilines is 2. The van der Waals surface area contributed by atoms with E-state index in [1.807, 2.05) is 12.1 Å². The zero-order valence-electron chi connectivity index (χ0n) is 22.8. The molecule has 4 aromatic rings. The molecule has 1 fully saturated rings. The van der Waals surface area contributed by atoms with Gasteiger partial charge in [-0.1, -0.05) is 81.4 Å². The fraction of sp³-hybridized carbons (Fsp3) is 0.226. The first-order chi connectivity index (χ1) is 19.2. The van der Waals surface area contributed by atoms with Crippen LogP contribution in [0.4, 0.5) is 20.7 Å². The van der Waals surface area contributed by atoms with Gasteiger partial charge >= 0.3 is 6.03 Å². The highest BCUT2D eigenvalue weighted by Gasteiger charge is 2.53. The second-order valence-electron chi connectivity index (χ2n) is 10.9. The molecule has 1 aliphatic heterocycles. The first-order valence-corrected chi connectivity index (χ1v) is 15.1. The first-order valence-electron chi connectivity index (χ1n) is 13.2. The number of likely N-dealkylation sites (tertiary alicyclic amines) is 1. The van der Waals surface area contributed by atoms with Crippen LogP contribution in [0.3, 0.4) is 0 Å². The zero-order chi connectivity index (χ0) is 28.3. The number of hydrogen-bond donors (Lipinski definition) is 2. The Morgan fingerprint density at radius 3 is 2.17 bits per heavy atom. The number of rotatable bonds is 7. The maximum absolute atomic E-state index is 14.1. The fourth-order valence-electron chi connectivity index (χ4n) is 5.08. The predicted molar refractivity (Wildman–Crippen MR) is 158 cm³/mol. The molecule has 1 saturated heterocycles. The van der Waals surface area contributed by atoms with E-state index in [2.05, 4.69) is 79.6 Å². The van der Waals surface area contributed by atoms with Crippen LogP contribution in [0.25, 0.3) is 0 Å². The first kappa shape index (κ1) is 27.4. The van der Waals surface area contributed by atoms with Crippen molar-refractivity contribution in [3.63, 3.8) is 0 Å². The molecule has 206 valence electrons. The third kappa shape index (κ3) is 5.57. The Labute approximate surface area is 234 Å². The highest BCUT2D eigenvalue weighted by Crippen LogP contribution is 2.38. The molecule has 40 heavy (non-hydrogen) atoms. The van der Waals surface area contributed by atoms with Crippen molar-refractivity contribution >= 4 is 36.2 Å². The van der Waals surface area contributed by atoms with Crippen LogP contribution in [-0.4, -0.2) is 43.4 Å². The number of benzene rings is 3. The van der Waals surface area contributed by atoms with Crippen molar-refractivity contribution in [2.45, 2.75) is 31.9 Å². The monoisotopic (exact) mass is 556 g/mol. The van der Waals surface area contributed by atoms with E-state index in [9.17, 15) is 9.18 Å². The summed E-state index contributed by atoms with van der Waals surface area (Å²) in [5.74, 6) is 0.0961. The van der Waals surface area contributed by atoms with Crippen LogP contribution in [0.2, 0.25) is 5.04 Å². The minimum atomic E-state index is -2.70. The standard InChI is InChI=1S/C31H33FN4O3Si/c1-31(2,3)40(25-10-6-4-7-11-25,26-12-8-5-9-13-26)39-24-20-36(21-24)30(37)35-29-19-23(16-17-34-29)38-28-15-14-22(33)18-27(28)32/h4-19,24H,20-21,33H2,1-3H3,(H,34,35,37). The van der Waals surface area contributed by atoms with Crippen LogP contribution in [0.15, 0.2) is 97.2 Å². The van der Waals surface area contributed by atoms with Gasteiger partial charge in [-0.2, -0.15) is 0 Å². The van der Waals surface area contributed by atoms with Crippen molar-refractivity contribution in [1.29, 1.82) is 0 Å². The second-order valence-corrected chi connectivity index (χ2v) is 15.2. The third-order valence-corrected chi connectivity index (χ3v) is 12.1. The molecule has 0 atom stereocenters. The third-order valence-electron chi connectivity index (χ3n) is 7.05. The molecule has 2 amide bonds. The molecule has 0 bridgehead atoms. The highest BCUT2D eigenvalue weighted by molar-refractivity contribution is 6.99. The lowest BCUT2D eigenvalue weighted by Crippen LogP contribution is -2.71. The van der Waals surface area contributed by atoms with Crippen LogP contribution >= 0.6 is 0 Å². The molecular weight excluding hydrogens is 523 g/mol. The summed E-state index contributed by atoms with van der Waals surface area (Å²) < 4.78 is 26.9. The van der Waals surface area contributed by atoms with Crippen LogP contribution in [-0.2, 0) is 4.43 Å². The van der Waals surface area contributed by atoms with Crippen molar-refractivity contribution in [1.82, 2.24) is 9.88 Å². The van der Waals surface area contributed by atoms with Crippen molar-refractivity contribution in [2.75, 3.05) is 24.1 Å². The van der Waals surface area contributed by atoms with E-state index in [4.69, 9.17) is 14.9 Å². The number of nitrogen functional groups attached to an aromatic ring is 1. The molecule has 9 heteroatoms. The second kappa shape index (κ2) is 11.1. The van der Waals surface area contributed by atoms with Crippen LogP contribution in [0.5, 0.6) is 11.5 Å². The van der Waals surface area contributed by atoms with Gasteiger partial charge in [0.15, 0.2) is 11.6 Å². The van der Waals surface area contributed by atoms with Gasteiger partial charge in [0.05, 0.1) is 6.10 Å². The number of carbonyl (C=O) groups excluding carboxylic acids is 1. The summed E-state index contributed by atoms with van der Waals surface area (Å²) in [6.45, 7) is 7.63. The molecule has 3 aromatic carbocycles. The minimum Gasteiger partial charge on any atom is -0.454 e. The molecule has 0 unspecified atom stereocenters. The minimum absolute atomic E-state index is 0.0312. The lowest BCUT2D eigenvalue weighted by molar-refractivity contribution is 0.0422. The van der Waals surface area contributed by atoms with Gasteiger partial charge in [-0.05, 0) is 33.6 Å². The number of nitrogens with one attached hydrogen (secondary N) is 1. The molecule has 3 N–H and O–H groups in total. The normalized spacial score (nSPS) is 13.9.